The molecule has 2 N–H and O–H groups in total. The second-order valence-corrected chi connectivity index (χ2v) is 15.7. The van der Waals surface area contributed by atoms with Crippen molar-refractivity contribution in [3.05, 3.63) is 46.9 Å². The van der Waals surface area contributed by atoms with Gasteiger partial charge in [0.05, 0.1) is 21.9 Å². The fourth-order valence-corrected chi connectivity index (χ4v) is 8.23. The number of unbranched alkanes of at least 4 members (excludes halogenated alkanes) is 5. The number of hydrogen-bond donors (Lipinski definition) is 2. The average Bonchev–Trinajstić information content (AvgIpc) is 3.28. The Labute approximate surface area is 272 Å². The van der Waals surface area contributed by atoms with Crippen LogP contribution in [0.5, 0.6) is 0 Å². The van der Waals surface area contributed by atoms with Gasteiger partial charge in [0.15, 0.2) is 0 Å². The number of sulfonamides is 1. The highest BCUT2D eigenvalue weighted by Crippen LogP contribution is 2.39. The van der Waals surface area contributed by atoms with Crippen LogP contribution in [0.4, 0.5) is 0 Å². The van der Waals surface area contributed by atoms with Gasteiger partial charge >= 0.3 is 5.97 Å². The minimum Gasteiger partial charge on any atom is -0.464 e. The maximum absolute atomic E-state index is 13.1. The Kier molecular flexibility index (Phi) is 15.2. The first-order valence-corrected chi connectivity index (χ1v) is 18.5. The van der Waals surface area contributed by atoms with Crippen molar-refractivity contribution in [3.8, 4) is 0 Å². The summed E-state index contributed by atoms with van der Waals surface area (Å²) in [4.78, 5) is 36.4. The minimum absolute atomic E-state index is 0.00498. The van der Waals surface area contributed by atoms with E-state index >= 15 is 0 Å². The number of nitrogens with zero attached hydrogens (tertiary/aromatic N) is 2. The number of ketones is 1. The molecule has 0 amide bonds. The van der Waals surface area contributed by atoms with E-state index in [1.807, 2.05) is 13.0 Å². The number of aryl methyl sites for hydroxylation is 1. The Bertz CT molecular complexity index is 1230. The van der Waals surface area contributed by atoms with Gasteiger partial charge in [-0.15, -0.1) is 4.91 Å². The molecule has 0 radical (unpaired) electrons. The van der Waals surface area contributed by atoms with Gasteiger partial charge in [-0.05, 0) is 51.2 Å². The molecule has 12 heteroatoms. The van der Waals surface area contributed by atoms with E-state index in [1.165, 1.54) is 4.31 Å². The molecule has 0 bridgehead atoms. The summed E-state index contributed by atoms with van der Waals surface area (Å²) in [7, 11) is -3.66. The van der Waals surface area contributed by atoms with Crippen LogP contribution >= 0.6 is 11.9 Å². The molecular formula is C33H50N2O8S2. The summed E-state index contributed by atoms with van der Waals surface area (Å²) in [5.41, 5.74) is 0.968. The first kappa shape index (κ1) is 37.3. The van der Waals surface area contributed by atoms with Crippen LogP contribution in [0.3, 0.4) is 0 Å². The Balaban J connectivity index is 1.36. The molecule has 3 rings (SSSR count). The summed E-state index contributed by atoms with van der Waals surface area (Å²) in [6.07, 6.45) is 10.8. The Morgan fingerprint density at radius 2 is 1.82 bits per heavy atom. The zero-order valence-corrected chi connectivity index (χ0v) is 28.3. The van der Waals surface area contributed by atoms with Crippen molar-refractivity contribution < 1.29 is 33.0 Å². The van der Waals surface area contributed by atoms with Gasteiger partial charge in [0.25, 0.3) is 0 Å². The van der Waals surface area contributed by atoms with Gasteiger partial charge in [-0.3, -0.25) is 9.59 Å². The van der Waals surface area contributed by atoms with Gasteiger partial charge in [0.2, 0.25) is 10.0 Å². The number of rotatable bonds is 19. The topological polar surface area (TPSA) is 151 Å². The first-order chi connectivity index (χ1) is 21.5. The Morgan fingerprint density at radius 3 is 2.49 bits per heavy atom. The normalized spacial score (nSPS) is 22.9. The lowest BCUT2D eigenvalue weighted by molar-refractivity contribution is -0.145. The van der Waals surface area contributed by atoms with Gasteiger partial charge in [-0.25, -0.2) is 8.42 Å². The van der Waals surface area contributed by atoms with Crippen molar-refractivity contribution in [2.75, 3.05) is 19.7 Å². The molecule has 4 atom stereocenters. The van der Waals surface area contributed by atoms with Crippen LogP contribution in [-0.2, 0) is 24.3 Å². The van der Waals surface area contributed by atoms with Crippen LogP contribution in [0.2, 0.25) is 0 Å². The second-order valence-electron chi connectivity index (χ2n) is 12.5. The third kappa shape index (κ3) is 11.3. The molecular weight excluding hydrogens is 617 g/mol. The second kappa shape index (κ2) is 18.3. The fourth-order valence-electron chi connectivity index (χ4n) is 6.15. The molecule has 0 aromatic heterocycles. The fraction of sp³-hybridized carbons (Fsp3) is 0.697. The summed E-state index contributed by atoms with van der Waals surface area (Å²) < 4.78 is 35.3. The molecule has 1 saturated heterocycles. The number of aliphatic hydroxyl groups is 2. The summed E-state index contributed by atoms with van der Waals surface area (Å²) >= 11 is 0.815. The van der Waals surface area contributed by atoms with Gasteiger partial charge in [0.1, 0.15) is 12.4 Å². The predicted molar refractivity (Wildman–Crippen MR) is 176 cm³/mol. The van der Waals surface area contributed by atoms with E-state index in [1.54, 1.807) is 30.3 Å². The number of benzene rings is 1. The molecule has 1 heterocycles. The van der Waals surface area contributed by atoms with E-state index in [0.717, 1.165) is 56.0 Å². The lowest BCUT2D eigenvalue weighted by Gasteiger charge is -2.38. The molecule has 10 nitrogen and oxygen atoms in total. The number of ether oxygens (including phenoxy) is 1. The molecule has 2 aliphatic rings. The minimum atomic E-state index is -3.66. The molecule has 1 aliphatic carbocycles. The van der Waals surface area contributed by atoms with E-state index < -0.39 is 27.0 Å². The van der Waals surface area contributed by atoms with Crippen LogP contribution < -0.4 is 0 Å². The molecule has 1 aromatic carbocycles. The van der Waals surface area contributed by atoms with Crippen molar-refractivity contribution in [1.82, 2.24) is 4.31 Å². The van der Waals surface area contributed by atoms with E-state index in [4.69, 9.17) is 4.74 Å². The molecule has 252 valence electrons. The summed E-state index contributed by atoms with van der Waals surface area (Å²) in [6.45, 7) is 4.40. The number of esters is 1. The highest BCUT2D eigenvalue weighted by Gasteiger charge is 2.42. The number of piperidine rings is 1. The van der Waals surface area contributed by atoms with Crippen LogP contribution in [0.15, 0.2) is 45.9 Å². The molecule has 45 heavy (non-hydrogen) atoms. The van der Waals surface area contributed by atoms with Crippen LogP contribution in [0.25, 0.3) is 0 Å². The summed E-state index contributed by atoms with van der Waals surface area (Å²) in [5, 5.41) is 20.6. The Morgan fingerprint density at radius 1 is 1.13 bits per heavy atom. The SMILES string of the molecule is CCCCC[C@H](O)/C=C/[C@H]1[C@H](O)CC(=O)[C@@H]1CCCCCCC(=O)OCC1(SN=O)CCN(S(=O)(=O)c2ccc(C)cc2)CC1. The number of Topliss-reactive ketones (excluding diaryl/α,β-unsaturated/α-hetero) is 1. The third-order valence-electron chi connectivity index (χ3n) is 9.06. The molecule has 1 aliphatic heterocycles. The van der Waals surface area contributed by atoms with Gasteiger partial charge in [-0.2, -0.15) is 4.31 Å². The lowest BCUT2D eigenvalue weighted by Crippen LogP contribution is -2.47. The van der Waals surface area contributed by atoms with Gasteiger partial charge in [0, 0.05) is 54.3 Å². The van der Waals surface area contributed by atoms with Crippen molar-refractivity contribution in [3.63, 3.8) is 0 Å². The van der Waals surface area contributed by atoms with Gasteiger partial charge < -0.3 is 14.9 Å². The van der Waals surface area contributed by atoms with Crippen LogP contribution in [0, 0.1) is 23.7 Å². The quantitative estimate of drug-likeness (QED) is 0.0607. The van der Waals surface area contributed by atoms with Crippen LogP contribution in [-0.4, -0.2) is 71.3 Å². The largest absolute Gasteiger partial charge is 0.464 e. The summed E-state index contributed by atoms with van der Waals surface area (Å²) in [6, 6.07) is 6.69. The maximum atomic E-state index is 13.1. The zero-order chi connectivity index (χ0) is 32.9. The van der Waals surface area contributed by atoms with Gasteiger partial charge in [-0.1, -0.05) is 75.3 Å². The predicted octanol–water partition coefficient (Wildman–Crippen LogP) is 5.88. The average molecular weight is 667 g/mol. The molecule has 1 aromatic rings. The van der Waals surface area contributed by atoms with Crippen molar-refractivity contribution in [2.24, 2.45) is 16.4 Å². The van der Waals surface area contributed by atoms with Crippen molar-refractivity contribution in [1.29, 1.82) is 0 Å². The highest BCUT2D eigenvalue weighted by atomic mass is 32.2. The number of hydrogen-bond acceptors (Lipinski definition) is 10. The number of carbonyl (C=O) groups excluding carboxylic acids is 2. The van der Waals surface area contributed by atoms with E-state index in [0.29, 0.717) is 32.1 Å². The molecule has 2 fully saturated rings. The molecule has 1 saturated carbocycles. The smallest absolute Gasteiger partial charge is 0.305 e. The monoisotopic (exact) mass is 666 g/mol. The number of carbonyl (C=O) groups is 2. The van der Waals surface area contributed by atoms with Crippen molar-refractivity contribution >= 4 is 33.7 Å². The summed E-state index contributed by atoms with van der Waals surface area (Å²) in [5.74, 6) is -0.819. The standard InChI is InChI=1S/C33H50N2O8S2/c1-3-4-7-10-26(36)15-18-29-28(30(37)23-31(29)38)11-8-5-6-9-12-32(39)43-24-33(44-34-40)19-21-35(22-20-33)45(41,42)27-16-13-25(2)14-17-27/h13-18,26,28-29,31,36,38H,3-12,19-24H2,1-2H3/b18-15+/t26-,28+,29+,31+/m0/s1. The van der Waals surface area contributed by atoms with Crippen LogP contribution in [0.1, 0.15) is 96.0 Å². The Hall–Kier alpha value is -2.12. The van der Waals surface area contributed by atoms with E-state index in [-0.39, 0.29) is 61.0 Å². The first-order valence-electron chi connectivity index (χ1n) is 16.3. The number of aliphatic hydroxyl groups excluding tert-OH is 2. The lowest BCUT2D eigenvalue weighted by atomic mass is 9.88. The third-order valence-corrected chi connectivity index (χ3v) is 12.0. The van der Waals surface area contributed by atoms with E-state index in [9.17, 15) is 33.1 Å². The maximum Gasteiger partial charge on any atom is 0.305 e. The van der Waals surface area contributed by atoms with Crippen molar-refractivity contribution in [2.45, 2.75) is 119 Å². The molecule has 0 spiro atoms. The zero-order valence-electron chi connectivity index (χ0n) is 26.6. The van der Waals surface area contributed by atoms with E-state index in [2.05, 4.69) is 11.5 Å². The molecule has 0 unspecified atom stereocenters. The number of nitroso groups, excluding NO2 is 1. The highest BCUT2D eigenvalue weighted by molar-refractivity contribution is 7.99.